The number of rotatable bonds is 8. The molecule has 0 unspecified atom stereocenters. The zero-order chi connectivity index (χ0) is 21.5. The van der Waals surface area contributed by atoms with Gasteiger partial charge in [0.2, 0.25) is 0 Å². The molecule has 0 N–H and O–H groups in total. The van der Waals surface area contributed by atoms with Gasteiger partial charge in [0.15, 0.2) is 0 Å². The maximum absolute atomic E-state index is 12.3. The van der Waals surface area contributed by atoms with Crippen LogP contribution in [0.4, 0.5) is 4.79 Å². The van der Waals surface area contributed by atoms with Crippen molar-refractivity contribution >= 4 is 6.09 Å². The third-order valence-electron chi connectivity index (χ3n) is 5.53. The summed E-state index contributed by atoms with van der Waals surface area (Å²) in [7, 11) is 1.79. The van der Waals surface area contributed by atoms with Crippen LogP contribution >= 0.6 is 0 Å². The van der Waals surface area contributed by atoms with Gasteiger partial charge in [-0.1, -0.05) is 18.6 Å². The van der Waals surface area contributed by atoms with E-state index in [2.05, 4.69) is 10.3 Å². The minimum absolute atomic E-state index is 0.0962. The average Bonchev–Trinajstić information content (AvgIpc) is 3.12. The number of aromatic nitrogens is 4. The number of pyridine rings is 1. The third-order valence-corrected chi connectivity index (χ3v) is 5.53. The lowest BCUT2D eigenvalue weighted by Gasteiger charge is -2.23. The fourth-order valence-electron chi connectivity index (χ4n) is 3.77. The van der Waals surface area contributed by atoms with Crippen LogP contribution in [-0.4, -0.2) is 50.2 Å². The predicted octanol–water partition coefficient (Wildman–Crippen LogP) is 4.27. The number of carbonyl (C=O) groups excluding carboxylic acids is 1. The molecule has 0 aromatic carbocycles. The third kappa shape index (κ3) is 5.29. The van der Waals surface area contributed by atoms with E-state index in [0.717, 1.165) is 30.7 Å². The first-order valence-electron chi connectivity index (χ1n) is 11.0. The molecule has 2 aromatic heterocycles. The molecule has 0 radical (unpaired) electrons. The van der Waals surface area contributed by atoms with Gasteiger partial charge >= 0.3 is 6.09 Å². The molecule has 1 aliphatic carbocycles. The van der Waals surface area contributed by atoms with Gasteiger partial charge in [0.05, 0.1) is 17.5 Å². The Morgan fingerprint density at radius 2 is 2.00 bits per heavy atom. The normalized spacial score (nSPS) is 14.5. The molecule has 164 valence electrons. The van der Waals surface area contributed by atoms with Crippen molar-refractivity contribution in [1.82, 2.24) is 24.9 Å². The summed E-state index contributed by atoms with van der Waals surface area (Å²) >= 11 is 0. The number of ether oxygens (including phenoxy) is 2. The Labute approximate surface area is 178 Å². The van der Waals surface area contributed by atoms with Crippen molar-refractivity contribution < 1.29 is 14.3 Å². The van der Waals surface area contributed by atoms with Gasteiger partial charge < -0.3 is 14.4 Å². The van der Waals surface area contributed by atoms with E-state index in [0.29, 0.717) is 30.2 Å². The van der Waals surface area contributed by atoms with E-state index < -0.39 is 0 Å². The Bertz CT molecular complexity index is 845. The van der Waals surface area contributed by atoms with Gasteiger partial charge in [-0.25, -0.2) is 14.5 Å². The van der Waals surface area contributed by atoms with Crippen LogP contribution in [0.1, 0.15) is 63.8 Å². The molecule has 30 heavy (non-hydrogen) atoms. The van der Waals surface area contributed by atoms with Crippen molar-refractivity contribution in [1.29, 1.82) is 0 Å². The van der Waals surface area contributed by atoms with Crippen LogP contribution in [0.25, 0.3) is 11.4 Å². The highest BCUT2D eigenvalue weighted by Gasteiger charge is 2.20. The quantitative estimate of drug-likeness (QED) is 0.640. The highest BCUT2D eigenvalue weighted by atomic mass is 16.6. The minimum Gasteiger partial charge on any atom is -0.489 e. The smallest absolute Gasteiger partial charge is 0.410 e. The van der Waals surface area contributed by atoms with Crippen LogP contribution in [0, 0.1) is 6.92 Å². The maximum atomic E-state index is 12.3. The number of nitrogens with zero attached hydrogens (tertiary/aromatic N) is 5. The van der Waals surface area contributed by atoms with Crippen LogP contribution in [0.2, 0.25) is 0 Å². The maximum Gasteiger partial charge on any atom is 0.410 e. The van der Waals surface area contributed by atoms with Gasteiger partial charge in [0.1, 0.15) is 23.7 Å². The van der Waals surface area contributed by atoms with Crippen LogP contribution in [0.15, 0.2) is 12.1 Å². The highest BCUT2D eigenvalue weighted by Crippen LogP contribution is 2.28. The molecule has 8 nitrogen and oxygen atoms in total. The summed E-state index contributed by atoms with van der Waals surface area (Å²) in [6, 6.07) is 3.85. The molecule has 2 aromatic rings. The van der Waals surface area contributed by atoms with E-state index in [1.807, 2.05) is 32.9 Å². The lowest BCUT2D eigenvalue weighted by Crippen LogP contribution is -2.32. The molecule has 0 spiro atoms. The van der Waals surface area contributed by atoms with Crippen molar-refractivity contribution in [2.24, 2.45) is 7.05 Å². The molecule has 8 heteroatoms. The second kappa shape index (κ2) is 10.4. The number of aryl methyl sites for hydroxylation is 2. The van der Waals surface area contributed by atoms with E-state index in [1.165, 1.54) is 19.3 Å². The molecule has 1 saturated carbocycles. The Hall–Kier alpha value is -2.64. The molecule has 0 bridgehead atoms. The second-order valence-electron chi connectivity index (χ2n) is 7.80. The molecule has 1 aliphatic rings. The first kappa shape index (κ1) is 22.1. The largest absolute Gasteiger partial charge is 0.489 e. The van der Waals surface area contributed by atoms with Gasteiger partial charge in [0.25, 0.3) is 0 Å². The predicted molar refractivity (Wildman–Crippen MR) is 114 cm³/mol. The van der Waals surface area contributed by atoms with Crippen molar-refractivity contribution in [3.8, 4) is 17.1 Å². The molecule has 0 aliphatic heterocycles. The Morgan fingerprint density at radius 1 is 1.23 bits per heavy atom. The molecular formula is C22H33N5O3. The van der Waals surface area contributed by atoms with Gasteiger partial charge in [-0.05, 0) is 58.1 Å². The van der Waals surface area contributed by atoms with Crippen molar-refractivity contribution in [3.63, 3.8) is 0 Å². The van der Waals surface area contributed by atoms with Crippen molar-refractivity contribution in [3.05, 3.63) is 23.5 Å². The number of hydrogen-bond donors (Lipinski definition) is 0. The van der Waals surface area contributed by atoms with E-state index >= 15 is 0 Å². The van der Waals surface area contributed by atoms with Gasteiger partial charge in [-0.2, -0.15) is 0 Å². The molecular weight excluding hydrogens is 382 g/mol. The molecule has 1 fully saturated rings. The summed E-state index contributed by atoms with van der Waals surface area (Å²) < 4.78 is 13.3. The lowest BCUT2D eigenvalue weighted by atomic mass is 9.98. The van der Waals surface area contributed by atoms with Gasteiger partial charge in [0, 0.05) is 20.1 Å². The topological polar surface area (TPSA) is 82.4 Å². The Morgan fingerprint density at radius 3 is 2.67 bits per heavy atom. The molecule has 3 rings (SSSR count). The molecule has 2 heterocycles. The summed E-state index contributed by atoms with van der Waals surface area (Å²) in [5, 5.41) is 8.36. The fraction of sp³-hybridized carbons (Fsp3) is 0.636. The number of amides is 1. The zero-order valence-corrected chi connectivity index (χ0v) is 18.6. The fourth-order valence-corrected chi connectivity index (χ4v) is 3.77. The van der Waals surface area contributed by atoms with Crippen LogP contribution in [0.3, 0.4) is 0 Å². The van der Waals surface area contributed by atoms with Gasteiger partial charge in [-0.3, -0.25) is 0 Å². The summed E-state index contributed by atoms with van der Waals surface area (Å²) in [6.07, 6.45) is 6.80. The molecule has 0 atom stereocenters. The number of hydrogen-bond acceptors (Lipinski definition) is 6. The molecule has 1 amide bonds. The number of carbonyl (C=O) groups is 1. The van der Waals surface area contributed by atoms with Crippen molar-refractivity contribution in [2.75, 3.05) is 13.1 Å². The second-order valence-corrected chi connectivity index (χ2v) is 7.80. The summed E-state index contributed by atoms with van der Waals surface area (Å²) in [6.45, 7) is 7.31. The van der Waals surface area contributed by atoms with Crippen LogP contribution in [-0.2, 0) is 18.4 Å². The summed E-state index contributed by atoms with van der Waals surface area (Å²) in [5.41, 5.74) is 2.86. The monoisotopic (exact) mass is 415 g/mol. The average molecular weight is 416 g/mol. The first-order valence-corrected chi connectivity index (χ1v) is 11.0. The summed E-state index contributed by atoms with van der Waals surface area (Å²) in [5.74, 6) is 0.820. The standard InChI is InChI=1S/C22H33N5O3/c1-5-14-27(6-2)22(28)29-15-19-21(24-25-26(19)4)18-12-13-20(16(3)23-18)30-17-10-8-7-9-11-17/h12-13,17H,5-11,14-15H2,1-4H3. The first-order chi connectivity index (χ1) is 14.5. The van der Waals surface area contributed by atoms with E-state index in [4.69, 9.17) is 14.5 Å². The van der Waals surface area contributed by atoms with Crippen molar-refractivity contribution in [2.45, 2.75) is 72.0 Å². The van der Waals surface area contributed by atoms with E-state index in [9.17, 15) is 4.79 Å². The van der Waals surface area contributed by atoms with E-state index in [1.54, 1.807) is 16.6 Å². The zero-order valence-electron chi connectivity index (χ0n) is 18.6. The highest BCUT2D eigenvalue weighted by molar-refractivity contribution is 5.68. The van der Waals surface area contributed by atoms with Crippen LogP contribution < -0.4 is 4.74 Å². The lowest BCUT2D eigenvalue weighted by molar-refractivity contribution is 0.0960. The van der Waals surface area contributed by atoms with Gasteiger partial charge in [-0.15, -0.1) is 5.10 Å². The summed E-state index contributed by atoms with van der Waals surface area (Å²) in [4.78, 5) is 18.7. The minimum atomic E-state index is -0.327. The molecule has 0 saturated heterocycles. The van der Waals surface area contributed by atoms with Crippen LogP contribution in [0.5, 0.6) is 5.75 Å². The Kier molecular flexibility index (Phi) is 7.65. The SMILES string of the molecule is CCCN(CC)C(=O)OCc1c(-c2ccc(OC3CCCCC3)c(C)n2)nnn1C. The van der Waals surface area contributed by atoms with E-state index in [-0.39, 0.29) is 18.8 Å². The Balaban J connectivity index is 1.72.